The number of halogens is 2. The van der Waals surface area contributed by atoms with Crippen molar-refractivity contribution < 1.29 is 4.79 Å². The van der Waals surface area contributed by atoms with E-state index >= 15 is 0 Å². The highest BCUT2D eigenvalue weighted by atomic mass is 79.9. The highest BCUT2D eigenvalue weighted by molar-refractivity contribution is 9.10. The number of hydrogen-bond acceptors (Lipinski definition) is 3. The number of hydrogen-bond donors (Lipinski definition) is 1. The molecule has 82 valence electrons. The summed E-state index contributed by atoms with van der Waals surface area (Å²) in [6, 6.07) is 1.66. The van der Waals surface area contributed by atoms with E-state index in [9.17, 15) is 4.79 Å². The van der Waals surface area contributed by atoms with Gasteiger partial charge in [-0.25, -0.2) is 4.98 Å². The summed E-state index contributed by atoms with van der Waals surface area (Å²) >= 11 is 10.6. The van der Waals surface area contributed by atoms with Gasteiger partial charge in [-0.2, -0.15) is 11.8 Å². The molecule has 1 amide bonds. The van der Waals surface area contributed by atoms with Crippen molar-refractivity contribution in [3.8, 4) is 0 Å². The molecule has 0 saturated carbocycles. The Bertz CT molecular complexity index is 362. The predicted octanol–water partition coefficient (Wildman–Crippen LogP) is 3.19. The molecule has 0 fully saturated rings. The summed E-state index contributed by atoms with van der Waals surface area (Å²) in [5.41, 5.74) is 0.605. The lowest BCUT2D eigenvalue weighted by molar-refractivity contribution is -0.115. The Morgan fingerprint density at radius 3 is 3.13 bits per heavy atom. The minimum atomic E-state index is -0.0332. The van der Waals surface area contributed by atoms with E-state index in [4.69, 9.17) is 11.6 Å². The molecule has 0 spiro atoms. The molecule has 0 aromatic carbocycles. The molecule has 0 aliphatic carbocycles. The van der Waals surface area contributed by atoms with Gasteiger partial charge in [0.15, 0.2) is 0 Å². The van der Waals surface area contributed by atoms with E-state index in [0.29, 0.717) is 21.7 Å². The molecule has 1 N–H and O–H groups in total. The fourth-order valence-corrected chi connectivity index (χ4v) is 1.78. The van der Waals surface area contributed by atoms with Gasteiger partial charge in [-0.3, -0.25) is 4.79 Å². The summed E-state index contributed by atoms with van der Waals surface area (Å²) in [7, 11) is 0. The van der Waals surface area contributed by atoms with Crippen molar-refractivity contribution >= 4 is 50.9 Å². The molecule has 1 aromatic rings. The SMILES string of the molecule is CSCCC(=O)Nc1cc(Cl)cnc1Br. The minimum absolute atomic E-state index is 0.0332. The van der Waals surface area contributed by atoms with Crippen molar-refractivity contribution in [1.82, 2.24) is 4.98 Å². The Kier molecular flexibility index (Phi) is 5.42. The molecule has 0 bridgehead atoms. The summed E-state index contributed by atoms with van der Waals surface area (Å²) < 4.78 is 0.587. The number of aromatic nitrogens is 1. The van der Waals surface area contributed by atoms with Gasteiger partial charge in [-0.1, -0.05) is 11.6 Å². The maximum atomic E-state index is 11.4. The number of nitrogens with zero attached hydrogens (tertiary/aromatic N) is 1. The lowest BCUT2D eigenvalue weighted by Crippen LogP contribution is -2.12. The molecular weight excluding hydrogens is 300 g/mol. The molecule has 0 aliphatic heterocycles. The summed E-state index contributed by atoms with van der Waals surface area (Å²) in [4.78, 5) is 15.4. The largest absolute Gasteiger partial charge is 0.324 e. The molecule has 0 radical (unpaired) electrons. The van der Waals surface area contributed by atoms with Crippen LogP contribution in [0, 0.1) is 0 Å². The van der Waals surface area contributed by atoms with E-state index < -0.39 is 0 Å². The number of thioether (sulfide) groups is 1. The lowest BCUT2D eigenvalue weighted by Gasteiger charge is -2.06. The van der Waals surface area contributed by atoms with Crippen molar-refractivity contribution in [2.45, 2.75) is 6.42 Å². The minimum Gasteiger partial charge on any atom is -0.324 e. The van der Waals surface area contributed by atoms with Crippen LogP contribution in [-0.4, -0.2) is 22.9 Å². The second-order valence-corrected chi connectivity index (χ2v) is 4.96. The van der Waals surface area contributed by atoms with Crippen LogP contribution in [0.25, 0.3) is 0 Å². The van der Waals surface area contributed by atoms with E-state index in [1.54, 1.807) is 17.8 Å². The van der Waals surface area contributed by atoms with E-state index in [-0.39, 0.29) is 5.91 Å². The van der Waals surface area contributed by atoms with Gasteiger partial charge in [0.05, 0.1) is 10.7 Å². The van der Waals surface area contributed by atoms with Gasteiger partial charge in [0, 0.05) is 18.4 Å². The molecule has 0 aliphatic rings. The second kappa shape index (κ2) is 6.35. The molecule has 1 heterocycles. The van der Waals surface area contributed by atoms with Crippen molar-refractivity contribution in [3.05, 3.63) is 21.9 Å². The normalized spacial score (nSPS) is 10.1. The van der Waals surface area contributed by atoms with E-state index in [2.05, 4.69) is 26.2 Å². The topological polar surface area (TPSA) is 42.0 Å². The van der Waals surface area contributed by atoms with Crippen LogP contribution < -0.4 is 5.32 Å². The van der Waals surface area contributed by atoms with Crippen LogP contribution in [0.15, 0.2) is 16.9 Å². The summed E-state index contributed by atoms with van der Waals surface area (Å²) in [6.45, 7) is 0. The average Bonchev–Trinajstić information content (AvgIpc) is 2.20. The van der Waals surface area contributed by atoms with Gasteiger partial charge in [-0.15, -0.1) is 0 Å². The van der Waals surface area contributed by atoms with Gasteiger partial charge < -0.3 is 5.32 Å². The maximum Gasteiger partial charge on any atom is 0.225 e. The number of pyridine rings is 1. The van der Waals surface area contributed by atoms with Crippen molar-refractivity contribution in [1.29, 1.82) is 0 Å². The van der Waals surface area contributed by atoms with E-state index in [1.807, 2.05) is 6.26 Å². The van der Waals surface area contributed by atoms with Crippen molar-refractivity contribution in [2.24, 2.45) is 0 Å². The molecule has 15 heavy (non-hydrogen) atoms. The van der Waals surface area contributed by atoms with Gasteiger partial charge in [0.1, 0.15) is 4.60 Å². The highest BCUT2D eigenvalue weighted by Crippen LogP contribution is 2.23. The zero-order valence-corrected chi connectivity index (χ0v) is 11.2. The monoisotopic (exact) mass is 308 g/mol. The summed E-state index contributed by atoms with van der Waals surface area (Å²) in [6.07, 6.45) is 3.97. The van der Waals surface area contributed by atoms with Crippen LogP contribution in [-0.2, 0) is 4.79 Å². The Balaban J connectivity index is 2.63. The van der Waals surface area contributed by atoms with E-state index in [1.165, 1.54) is 6.20 Å². The first-order valence-corrected chi connectivity index (χ1v) is 6.80. The zero-order chi connectivity index (χ0) is 11.3. The van der Waals surface area contributed by atoms with Crippen LogP contribution in [0.4, 0.5) is 5.69 Å². The standard InChI is InChI=1S/C9H10BrClN2OS/c1-15-3-2-8(14)13-7-4-6(11)5-12-9(7)10/h4-5H,2-3H2,1H3,(H,13,14). The summed E-state index contributed by atoms with van der Waals surface area (Å²) in [5, 5.41) is 3.24. The Morgan fingerprint density at radius 1 is 1.73 bits per heavy atom. The molecule has 1 rings (SSSR count). The second-order valence-electron chi connectivity index (χ2n) is 2.78. The Morgan fingerprint density at radius 2 is 2.47 bits per heavy atom. The third-order valence-corrected chi connectivity index (χ3v) is 3.06. The van der Waals surface area contributed by atoms with Crippen LogP contribution >= 0.6 is 39.3 Å². The van der Waals surface area contributed by atoms with Gasteiger partial charge in [0.25, 0.3) is 0 Å². The quantitative estimate of drug-likeness (QED) is 0.869. The Hall–Kier alpha value is -0.260. The predicted molar refractivity (Wildman–Crippen MR) is 68.6 cm³/mol. The zero-order valence-electron chi connectivity index (χ0n) is 8.09. The van der Waals surface area contributed by atoms with Crippen LogP contribution in [0.2, 0.25) is 5.02 Å². The van der Waals surface area contributed by atoms with Crippen molar-refractivity contribution in [3.63, 3.8) is 0 Å². The fourth-order valence-electron chi connectivity index (χ4n) is 0.918. The molecule has 0 unspecified atom stereocenters. The first kappa shape index (κ1) is 12.8. The first-order valence-electron chi connectivity index (χ1n) is 4.23. The highest BCUT2D eigenvalue weighted by Gasteiger charge is 2.06. The first-order chi connectivity index (χ1) is 7.13. The molecule has 6 heteroatoms. The average molecular weight is 310 g/mol. The molecule has 0 saturated heterocycles. The molecular formula is C9H10BrClN2OS. The number of rotatable bonds is 4. The van der Waals surface area contributed by atoms with Gasteiger partial charge >= 0.3 is 0 Å². The number of nitrogens with one attached hydrogen (secondary N) is 1. The smallest absolute Gasteiger partial charge is 0.225 e. The van der Waals surface area contributed by atoms with Crippen LogP contribution in [0.3, 0.4) is 0 Å². The third-order valence-electron chi connectivity index (χ3n) is 1.61. The number of amides is 1. The molecule has 1 aromatic heterocycles. The number of carbonyl (C=O) groups excluding carboxylic acids is 1. The Labute approximate surface area is 106 Å². The van der Waals surface area contributed by atoms with Gasteiger partial charge in [0.2, 0.25) is 5.91 Å². The van der Waals surface area contributed by atoms with Gasteiger partial charge in [-0.05, 0) is 28.3 Å². The number of carbonyl (C=O) groups is 1. The summed E-state index contributed by atoms with van der Waals surface area (Å²) in [5.74, 6) is 0.770. The lowest BCUT2D eigenvalue weighted by atomic mass is 10.4. The molecule has 3 nitrogen and oxygen atoms in total. The van der Waals surface area contributed by atoms with E-state index in [0.717, 1.165) is 5.75 Å². The third kappa shape index (κ3) is 4.40. The number of anilines is 1. The van der Waals surface area contributed by atoms with Crippen LogP contribution in [0.1, 0.15) is 6.42 Å². The molecule has 0 atom stereocenters. The van der Waals surface area contributed by atoms with Crippen LogP contribution in [0.5, 0.6) is 0 Å². The fraction of sp³-hybridized carbons (Fsp3) is 0.333. The van der Waals surface area contributed by atoms with Crippen molar-refractivity contribution in [2.75, 3.05) is 17.3 Å². The maximum absolute atomic E-state index is 11.4.